The summed E-state index contributed by atoms with van der Waals surface area (Å²) < 4.78 is 11.0. The summed E-state index contributed by atoms with van der Waals surface area (Å²) in [6, 6.07) is 7.26. The smallest absolute Gasteiger partial charge is 0.316 e. The van der Waals surface area contributed by atoms with E-state index in [1.54, 1.807) is 26.0 Å². The minimum absolute atomic E-state index is 0.0186. The molecule has 0 spiro atoms. The maximum Gasteiger partial charge on any atom is 0.316 e. The Morgan fingerprint density at radius 2 is 2.00 bits per heavy atom. The van der Waals surface area contributed by atoms with E-state index < -0.39 is 0 Å². The van der Waals surface area contributed by atoms with Gasteiger partial charge in [0.25, 0.3) is 5.91 Å². The predicted molar refractivity (Wildman–Crippen MR) is 122 cm³/mol. The Labute approximate surface area is 188 Å². The lowest BCUT2D eigenvalue weighted by Crippen LogP contribution is -2.36. The lowest BCUT2D eigenvalue weighted by atomic mass is 9.75. The molecule has 3 rings (SSSR count). The number of rotatable bonds is 7. The van der Waals surface area contributed by atoms with Gasteiger partial charge in [-0.2, -0.15) is 0 Å². The third-order valence-electron chi connectivity index (χ3n) is 5.99. The molecule has 7 heteroatoms. The molecule has 0 saturated heterocycles. The van der Waals surface area contributed by atoms with Crippen LogP contribution in [-0.4, -0.2) is 28.9 Å². The minimum Gasteiger partial charge on any atom is -0.461 e. The highest BCUT2D eigenvalue weighted by Gasteiger charge is 2.33. The molecule has 0 bridgehead atoms. The van der Waals surface area contributed by atoms with Crippen molar-refractivity contribution in [3.8, 4) is 0 Å². The van der Waals surface area contributed by atoms with Crippen LogP contribution in [0, 0.1) is 31.6 Å². The molecular weight excluding hydrogens is 412 g/mol. The Balaban J connectivity index is 1.63. The Hall–Kier alpha value is -2.28. The van der Waals surface area contributed by atoms with Crippen molar-refractivity contribution >= 4 is 29.3 Å². The van der Waals surface area contributed by atoms with Gasteiger partial charge in [-0.25, -0.2) is 0 Å². The molecule has 0 radical (unpaired) electrons. The van der Waals surface area contributed by atoms with E-state index in [0.29, 0.717) is 40.5 Å². The second kappa shape index (κ2) is 10.4. The van der Waals surface area contributed by atoms with Gasteiger partial charge in [0.2, 0.25) is 0 Å². The fourth-order valence-electron chi connectivity index (χ4n) is 4.21. The molecular formula is C24H32N2O4S. The zero-order chi connectivity index (χ0) is 22.5. The Morgan fingerprint density at radius 3 is 2.68 bits per heavy atom. The number of nitrogens with zero attached hydrogens (tertiary/aromatic N) is 1. The first kappa shape index (κ1) is 23.4. The van der Waals surface area contributed by atoms with Gasteiger partial charge in [-0.05, 0) is 56.6 Å². The summed E-state index contributed by atoms with van der Waals surface area (Å²) >= 11 is 1.33. The molecule has 3 unspecified atom stereocenters. The molecule has 1 aliphatic rings. The normalized spacial score (nSPS) is 21.2. The number of carbonyl (C=O) groups excluding carboxylic acids is 2. The molecule has 1 aromatic heterocycles. The summed E-state index contributed by atoms with van der Waals surface area (Å²) in [5.41, 5.74) is 1.71. The number of thioether (sulfide) groups is 1. The van der Waals surface area contributed by atoms with Crippen molar-refractivity contribution < 1.29 is 18.8 Å². The van der Waals surface area contributed by atoms with Crippen LogP contribution in [0.2, 0.25) is 0 Å². The summed E-state index contributed by atoms with van der Waals surface area (Å²) in [6.07, 6.45) is 3.21. The second-order valence-corrected chi connectivity index (χ2v) is 9.81. The number of anilines is 1. The Kier molecular flexibility index (Phi) is 7.81. The third-order valence-corrected chi connectivity index (χ3v) is 7.04. The number of aryl methyl sites for hydroxylation is 2. The lowest BCUT2D eigenvalue weighted by Gasteiger charge is -2.36. The summed E-state index contributed by atoms with van der Waals surface area (Å²) in [5.74, 6) is 1.73. The maximum absolute atomic E-state index is 12.8. The van der Waals surface area contributed by atoms with E-state index in [2.05, 4.69) is 31.2 Å². The summed E-state index contributed by atoms with van der Waals surface area (Å²) in [5, 5.41) is 6.73. The molecule has 1 aliphatic carbocycles. The van der Waals surface area contributed by atoms with E-state index in [1.165, 1.54) is 18.2 Å². The number of ether oxygens (including phenoxy) is 1. The molecule has 2 aromatic rings. The van der Waals surface area contributed by atoms with Gasteiger partial charge in [0.05, 0.1) is 11.3 Å². The number of nitrogens with one attached hydrogen (secondary N) is 1. The SMILES string of the molecule is Cc1noc(C)c1NC(=O)c1ccccc1SCC(=O)OC1CC(C)CCC1C(C)C. The standard InChI is InChI=1S/C24H32N2O4S/c1-14(2)18-11-10-15(3)12-20(18)29-22(27)13-31-21-9-7-6-8-19(21)24(28)25-23-16(4)26-30-17(23)5/h6-9,14-15,18,20H,10-13H2,1-5H3,(H,25,28). The minimum atomic E-state index is -0.258. The van der Waals surface area contributed by atoms with Crippen molar-refractivity contribution in [2.75, 3.05) is 11.1 Å². The van der Waals surface area contributed by atoms with E-state index >= 15 is 0 Å². The number of esters is 1. The van der Waals surface area contributed by atoms with Crippen LogP contribution in [0.1, 0.15) is 61.8 Å². The molecule has 1 aromatic carbocycles. The number of carbonyl (C=O) groups is 2. The zero-order valence-electron chi connectivity index (χ0n) is 18.9. The maximum atomic E-state index is 12.8. The quantitative estimate of drug-likeness (QED) is 0.440. The van der Waals surface area contributed by atoms with Crippen LogP contribution in [0.25, 0.3) is 0 Å². The molecule has 3 atom stereocenters. The van der Waals surface area contributed by atoms with Gasteiger partial charge in [-0.3, -0.25) is 9.59 Å². The van der Waals surface area contributed by atoms with E-state index in [0.717, 1.165) is 17.7 Å². The van der Waals surface area contributed by atoms with E-state index in [1.807, 2.05) is 12.1 Å². The van der Waals surface area contributed by atoms with E-state index in [4.69, 9.17) is 9.26 Å². The highest BCUT2D eigenvalue weighted by Crippen LogP contribution is 2.35. The van der Waals surface area contributed by atoms with Crippen molar-refractivity contribution in [2.45, 2.75) is 64.9 Å². The van der Waals surface area contributed by atoms with Gasteiger partial charge < -0.3 is 14.6 Å². The number of benzene rings is 1. The van der Waals surface area contributed by atoms with Crippen molar-refractivity contribution in [1.29, 1.82) is 0 Å². The first-order valence-corrected chi connectivity index (χ1v) is 11.9. The third kappa shape index (κ3) is 5.91. The topological polar surface area (TPSA) is 81.4 Å². The lowest BCUT2D eigenvalue weighted by molar-refractivity contribution is -0.152. The molecule has 1 heterocycles. The van der Waals surface area contributed by atoms with E-state index in [-0.39, 0.29) is 23.7 Å². The first-order chi connectivity index (χ1) is 14.8. The second-order valence-electron chi connectivity index (χ2n) is 8.79. The number of aromatic nitrogens is 1. The molecule has 1 amide bonds. The summed E-state index contributed by atoms with van der Waals surface area (Å²) in [7, 11) is 0. The first-order valence-electron chi connectivity index (χ1n) is 10.9. The highest BCUT2D eigenvalue weighted by molar-refractivity contribution is 8.00. The van der Waals surface area contributed by atoms with Crippen LogP contribution in [0.3, 0.4) is 0 Å². The van der Waals surface area contributed by atoms with Gasteiger partial charge in [0.15, 0.2) is 5.76 Å². The predicted octanol–water partition coefficient (Wildman–Crippen LogP) is 5.64. The molecule has 1 saturated carbocycles. The van der Waals surface area contributed by atoms with Crippen LogP contribution in [-0.2, 0) is 9.53 Å². The average Bonchev–Trinajstić information content (AvgIpc) is 3.04. The van der Waals surface area contributed by atoms with E-state index in [9.17, 15) is 9.59 Å². The van der Waals surface area contributed by atoms with Gasteiger partial charge in [0.1, 0.15) is 17.5 Å². The molecule has 31 heavy (non-hydrogen) atoms. The molecule has 6 nitrogen and oxygen atoms in total. The number of hydrogen-bond acceptors (Lipinski definition) is 6. The largest absolute Gasteiger partial charge is 0.461 e. The van der Waals surface area contributed by atoms with Crippen molar-refractivity contribution in [2.24, 2.45) is 17.8 Å². The summed E-state index contributed by atoms with van der Waals surface area (Å²) in [6.45, 7) is 10.1. The van der Waals surface area contributed by atoms with Crippen molar-refractivity contribution in [3.63, 3.8) is 0 Å². The zero-order valence-corrected chi connectivity index (χ0v) is 19.8. The molecule has 0 aliphatic heterocycles. The van der Waals surface area contributed by atoms with Gasteiger partial charge in [-0.15, -0.1) is 11.8 Å². The Bertz CT molecular complexity index is 905. The van der Waals surface area contributed by atoms with Crippen LogP contribution < -0.4 is 5.32 Å². The molecule has 168 valence electrons. The fourth-order valence-corrected chi connectivity index (χ4v) is 5.04. The van der Waals surface area contributed by atoms with Gasteiger partial charge in [-0.1, -0.05) is 44.5 Å². The van der Waals surface area contributed by atoms with Crippen molar-refractivity contribution in [3.05, 3.63) is 41.3 Å². The fraction of sp³-hybridized carbons (Fsp3) is 0.542. The highest BCUT2D eigenvalue weighted by atomic mass is 32.2. The molecule has 1 fully saturated rings. The average molecular weight is 445 g/mol. The van der Waals surface area contributed by atoms with Crippen LogP contribution in [0.15, 0.2) is 33.7 Å². The summed E-state index contributed by atoms with van der Waals surface area (Å²) in [4.78, 5) is 26.2. The van der Waals surface area contributed by atoms with Crippen LogP contribution >= 0.6 is 11.8 Å². The van der Waals surface area contributed by atoms with Gasteiger partial charge in [0, 0.05) is 4.90 Å². The van der Waals surface area contributed by atoms with Crippen molar-refractivity contribution in [1.82, 2.24) is 5.16 Å². The number of hydrogen-bond donors (Lipinski definition) is 1. The van der Waals surface area contributed by atoms with Crippen LogP contribution in [0.4, 0.5) is 5.69 Å². The number of amides is 1. The van der Waals surface area contributed by atoms with Gasteiger partial charge >= 0.3 is 5.97 Å². The monoisotopic (exact) mass is 444 g/mol. The molecule has 1 N–H and O–H groups in total. The Morgan fingerprint density at radius 1 is 1.26 bits per heavy atom. The van der Waals surface area contributed by atoms with Crippen LogP contribution in [0.5, 0.6) is 0 Å².